The van der Waals surface area contributed by atoms with Gasteiger partial charge in [-0.3, -0.25) is 4.90 Å². The lowest BCUT2D eigenvalue weighted by atomic mass is 10.0. The Labute approximate surface area is 106 Å². The third kappa shape index (κ3) is 3.67. The fourth-order valence-corrected chi connectivity index (χ4v) is 3.39. The molecule has 0 bridgehead atoms. The predicted octanol–water partition coefficient (Wildman–Crippen LogP) is 1.75. The van der Waals surface area contributed by atoms with E-state index >= 15 is 0 Å². The molecular formula is C14H28N2O. The molecule has 3 nitrogen and oxygen atoms in total. The van der Waals surface area contributed by atoms with Gasteiger partial charge in [0.15, 0.2) is 0 Å². The van der Waals surface area contributed by atoms with E-state index in [1.807, 2.05) is 0 Å². The van der Waals surface area contributed by atoms with Crippen LogP contribution in [-0.4, -0.2) is 47.8 Å². The smallest absolute Gasteiger partial charge is 0.0695 e. The number of hydrogen-bond acceptors (Lipinski definition) is 3. The van der Waals surface area contributed by atoms with Gasteiger partial charge < -0.3 is 10.4 Å². The van der Waals surface area contributed by atoms with Crippen molar-refractivity contribution in [1.29, 1.82) is 0 Å². The molecule has 1 saturated carbocycles. The summed E-state index contributed by atoms with van der Waals surface area (Å²) < 4.78 is 0. The molecule has 3 unspecified atom stereocenters. The van der Waals surface area contributed by atoms with Gasteiger partial charge in [-0.2, -0.15) is 0 Å². The Morgan fingerprint density at radius 3 is 2.65 bits per heavy atom. The van der Waals surface area contributed by atoms with Gasteiger partial charge >= 0.3 is 0 Å². The maximum Gasteiger partial charge on any atom is 0.0695 e. The molecule has 0 aromatic carbocycles. The van der Waals surface area contributed by atoms with Gasteiger partial charge in [0.2, 0.25) is 0 Å². The second kappa shape index (κ2) is 6.72. The number of aliphatic hydroxyl groups excluding tert-OH is 1. The summed E-state index contributed by atoms with van der Waals surface area (Å²) in [6.45, 7) is 5.60. The summed E-state index contributed by atoms with van der Waals surface area (Å²) >= 11 is 0. The summed E-state index contributed by atoms with van der Waals surface area (Å²) in [5.41, 5.74) is 0. The zero-order valence-electron chi connectivity index (χ0n) is 11.2. The van der Waals surface area contributed by atoms with Crippen LogP contribution < -0.4 is 5.32 Å². The largest absolute Gasteiger partial charge is 0.391 e. The van der Waals surface area contributed by atoms with Gasteiger partial charge in [-0.05, 0) is 38.8 Å². The maximum absolute atomic E-state index is 10.3. The Hall–Kier alpha value is -0.120. The van der Waals surface area contributed by atoms with Gasteiger partial charge in [-0.1, -0.05) is 26.2 Å². The lowest BCUT2D eigenvalue weighted by Crippen LogP contribution is -2.48. The van der Waals surface area contributed by atoms with E-state index in [-0.39, 0.29) is 6.10 Å². The van der Waals surface area contributed by atoms with Crippen LogP contribution in [0.5, 0.6) is 0 Å². The van der Waals surface area contributed by atoms with Crippen LogP contribution in [0.2, 0.25) is 0 Å². The minimum atomic E-state index is -0.0983. The zero-order valence-corrected chi connectivity index (χ0v) is 11.2. The molecule has 0 aromatic rings. The summed E-state index contributed by atoms with van der Waals surface area (Å²) in [6.07, 6.45) is 8.49. The Bertz CT molecular complexity index is 216. The molecule has 0 aromatic heterocycles. The van der Waals surface area contributed by atoms with Crippen LogP contribution in [0.4, 0.5) is 0 Å². The van der Waals surface area contributed by atoms with E-state index < -0.39 is 0 Å². The number of nitrogens with one attached hydrogen (secondary N) is 1. The summed E-state index contributed by atoms with van der Waals surface area (Å²) in [5.74, 6) is 0. The molecule has 2 rings (SSSR count). The fraction of sp³-hybridized carbons (Fsp3) is 1.00. The standard InChI is InChI=1S/C14H28N2O/c1-2-16(11-12-7-6-10-15-12)13-8-4-3-5-9-14(13)17/h12-15,17H,2-11H2,1H3. The number of rotatable bonds is 4. The Morgan fingerprint density at radius 2 is 1.94 bits per heavy atom. The normalized spacial score (nSPS) is 35.1. The zero-order chi connectivity index (χ0) is 12.1. The quantitative estimate of drug-likeness (QED) is 0.735. The summed E-state index contributed by atoms with van der Waals surface area (Å²) in [7, 11) is 0. The molecular weight excluding hydrogens is 212 g/mol. The highest BCUT2D eigenvalue weighted by Gasteiger charge is 2.28. The molecule has 2 fully saturated rings. The van der Waals surface area contributed by atoms with Crippen LogP contribution in [0.1, 0.15) is 51.9 Å². The van der Waals surface area contributed by atoms with E-state index in [4.69, 9.17) is 0 Å². The molecule has 0 spiro atoms. The van der Waals surface area contributed by atoms with Crippen molar-refractivity contribution in [3.05, 3.63) is 0 Å². The molecule has 0 radical (unpaired) electrons. The van der Waals surface area contributed by atoms with Crippen LogP contribution in [0, 0.1) is 0 Å². The molecule has 1 aliphatic heterocycles. The van der Waals surface area contributed by atoms with Crippen molar-refractivity contribution < 1.29 is 5.11 Å². The van der Waals surface area contributed by atoms with Gasteiger partial charge in [0.25, 0.3) is 0 Å². The molecule has 100 valence electrons. The molecule has 1 saturated heterocycles. The van der Waals surface area contributed by atoms with E-state index in [2.05, 4.69) is 17.1 Å². The van der Waals surface area contributed by atoms with Gasteiger partial charge in [-0.25, -0.2) is 0 Å². The maximum atomic E-state index is 10.3. The van der Waals surface area contributed by atoms with Gasteiger partial charge in [0.05, 0.1) is 6.10 Å². The number of nitrogens with zero attached hydrogens (tertiary/aromatic N) is 1. The molecule has 2 N–H and O–H groups in total. The highest BCUT2D eigenvalue weighted by atomic mass is 16.3. The van der Waals surface area contributed by atoms with Crippen molar-refractivity contribution in [3.63, 3.8) is 0 Å². The van der Waals surface area contributed by atoms with Gasteiger partial charge in [-0.15, -0.1) is 0 Å². The second-order valence-corrected chi connectivity index (χ2v) is 5.65. The van der Waals surface area contributed by atoms with Crippen LogP contribution in [0.3, 0.4) is 0 Å². The van der Waals surface area contributed by atoms with E-state index in [1.54, 1.807) is 0 Å². The number of hydrogen-bond donors (Lipinski definition) is 2. The first-order chi connectivity index (χ1) is 8.31. The fourth-order valence-electron chi connectivity index (χ4n) is 3.39. The van der Waals surface area contributed by atoms with Crippen molar-refractivity contribution in [2.24, 2.45) is 0 Å². The second-order valence-electron chi connectivity index (χ2n) is 5.65. The predicted molar refractivity (Wildman–Crippen MR) is 71.2 cm³/mol. The minimum absolute atomic E-state index is 0.0983. The van der Waals surface area contributed by atoms with E-state index in [9.17, 15) is 5.11 Å². The topological polar surface area (TPSA) is 35.5 Å². The first-order valence-corrected chi connectivity index (χ1v) is 7.46. The van der Waals surface area contributed by atoms with E-state index in [0.29, 0.717) is 12.1 Å². The Morgan fingerprint density at radius 1 is 1.12 bits per heavy atom. The summed E-state index contributed by atoms with van der Waals surface area (Å²) in [6, 6.07) is 1.07. The third-order valence-electron chi connectivity index (χ3n) is 4.44. The van der Waals surface area contributed by atoms with Crippen LogP contribution >= 0.6 is 0 Å². The number of aliphatic hydroxyl groups is 1. The Balaban J connectivity index is 1.89. The number of likely N-dealkylation sites (N-methyl/N-ethyl adjacent to an activating group) is 1. The first kappa shape index (κ1) is 13.3. The summed E-state index contributed by atoms with van der Waals surface area (Å²) in [4.78, 5) is 2.51. The average molecular weight is 240 g/mol. The average Bonchev–Trinajstić information content (AvgIpc) is 2.75. The van der Waals surface area contributed by atoms with E-state index in [1.165, 1.54) is 45.1 Å². The summed E-state index contributed by atoms with van der Waals surface area (Å²) in [5, 5.41) is 13.8. The molecule has 3 heteroatoms. The highest BCUT2D eigenvalue weighted by molar-refractivity contribution is 4.85. The first-order valence-electron chi connectivity index (χ1n) is 7.46. The monoisotopic (exact) mass is 240 g/mol. The van der Waals surface area contributed by atoms with Crippen LogP contribution in [-0.2, 0) is 0 Å². The third-order valence-corrected chi connectivity index (χ3v) is 4.44. The molecule has 0 amide bonds. The molecule has 1 aliphatic carbocycles. The molecule has 2 aliphatic rings. The minimum Gasteiger partial charge on any atom is -0.391 e. The Kier molecular flexibility index (Phi) is 5.26. The lowest BCUT2D eigenvalue weighted by molar-refractivity contribution is 0.0426. The van der Waals surface area contributed by atoms with E-state index in [0.717, 1.165) is 19.5 Å². The molecule has 17 heavy (non-hydrogen) atoms. The lowest BCUT2D eigenvalue weighted by Gasteiger charge is -2.35. The van der Waals surface area contributed by atoms with Crippen molar-refractivity contribution in [2.75, 3.05) is 19.6 Å². The van der Waals surface area contributed by atoms with Crippen molar-refractivity contribution >= 4 is 0 Å². The molecule has 1 heterocycles. The van der Waals surface area contributed by atoms with Crippen LogP contribution in [0.15, 0.2) is 0 Å². The molecule has 3 atom stereocenters. The van der Waals surface area contributed by atoms with Crippen molar-refractivity contribution in [3.8, 4) is 0 Å². The highest BCUT2D eigenvalue weighted by Crippen LogP contribution is 2.23. The van der Waals surface area contributed by atoms with Crippen LogP contribution in [0.25, 0.3) is 0 Å². The SMILES string of the molecule is CCN(CC1CCCN1)C1CCCCCC1O. The van der Waals surface area contributed by atoms with Gasteiger partial charge in [0.1, 0.15) is 0 Å². The van der Waals surface area contributed by atoms with Crippen molar-refractivity contribution in [1.82, 2.24) is 10.2 Å². The van der Waals surface area contributed by atoms with Crippen molar-refractivity contribution in [2.45, 2.75) is 70.1 Å². The van der Waals surface area contributed by atoms with Gasteiger partial charge in [0, 0.05) is 18.6 Å².